The number of ketones is 1. The second-order valence-corrected chi connectivity index (χ2v) is 3.78. The van der Waals surface area contributed by atoms with Crippen LogP contribution in [0.4, 0.5) is 4.39 Å². The van der Waals surface area contributed by atoms with Gasteiger partial charge in [0.2, 0.25) is 0 Å². The van der Waals surface area contributed by atoms with Gasteiger partial charge in [0.15, 0.2) is 0 Å². The fourth-order valence-electron chi connectivity index (χ4n) is 1.24. The Morgan fingerprint density at radius 1 is 1.50 bits per heavy atom. The van der Waals surface area contributed by atoms with Crippen LogP contribution in [-0.2, 0) is 11.2 Å². The molecule has 0 fully saturated rings. The summed E-state index contributed by atoms with van der Waals surface area (Å²) in [6, 6.07) is 2.87. The quantitative estimate of drug-likeness (QED) is 0.738. The van der Waals surface area contributed by atoms with Gasteiger partial charge in [-0.1, -0.05) is 13.8 Å². The zero-order valence-corrected chi connectivity index (χ0v) is 8.46. The van der Waals surface area contributed by atoms with Crippen LogP contribution < -0.4 is 0 Å². The van der Waals surface area contributed by atoms with Crippen LogP contribution in [0, 0.1) is 11.7 Å². The monoisotopic (exact) mass is 195 g/mol. The summed E-state index contributed by atoms with van der Waals surface area (Å²) in [5, 5.41) is 0. The van der Waals surface area contributed by atoms with Gasteiger partial charge in [-0.05, 0) is 18.1 Å². The summed E-state index contributed by atoms with van der Waals surface area (Å²) in [6.07, 6.45) is 2.00. The van der Waals surface area contributed by atoms with Gasteiger partial charge in [-0.15, -0.1) is 0 Å². The van der Waals surface area contributed by atoms with E-state index in [1.54, 1.807) is 6.07 Å². The molecule has 0 spiro atoms. The maximum atomic E-state index is 12.5. The van der Waals surface area contributed by atoms with Crippen LogP contribution in [0.5, 0.6) is 0 Å². The van der Waals surface area contributed by atoms with E-state index in [9.17, 15) is 9.18 Å². The predicted octanol–water partition coefficient (Wildman–Crippen LogP) is 2.38. The van der Waals surface area contributed by atoms with Crippen molar-refractivity contribution in [3.63, 3.8) is 0 Å². The lowest BCUT2D eigenvalue weighted by molar-refractivity contribution is -0.119. The third-order valence-corrected chi connectivity index (χ3v) is 1.80. The number of carbonyl (C=O) groups excluding carboxylic acids is 1. The molecule has 0 saturated heterocycles. The van der Waals surface area contributed by atoms with Crippen molar-refractivity contribution < 1.29 is 9.18 Å². The Hall–Kier alpha value is -1.25. The molecule has 0 atom stereocenters. The smallest absolute Gasteiger partial charge is 0.141 e. The van der Waals surface area contributed by atoms with E-state index in [-0.39, 0.29) is 11.6 Å². The lowest BCUT2D eigenvalue weighted by atomic mass is 10.0. The molecule has 3 heteroatoms. The molecule has 1 heterocycles. The van der Waals surface area contributed by atoms with Crippen LogP contribution >= 0.6 is 0 Å². The van der Waals surface area contributed by atoms with Gasteiger partial charge in [-0.2, -0.15) is 0 Å². The minimum atomic E-state index is -0.370. The number of Topliss-reactive ketones (excluding diaryl/α,β-unsaturated/α-hetero) is 1. The first-order valence-corrected chi connectivity index (χ1v) is 4.70. The molecular weight excluding hydrogens is 181 g/mol. The summed E-state index contributed by atoms with van der Waals surface area (Å²) < 4.78 is 12.5. The average molecular weight is 195 g/mol. The average Bonchev–Trinajstić information content (AvgIpc) is 2.07. The molecule has 0 N–H and O–H groups in total. The van der Waals surface area contributed by atoms with Gasteiger partial charge in [0.25, 0.3) is 0 Å². The molecule has 1 rings (SSSR count). The maximum absolute atomic E-state index is 12.5. The molecule has 0 aromatic carbocycles. The Morgan fingerprint density at radius 3 is 2.71 bits per heavy atom. The molecule has 0 saturated carbocycles. The second kappa shape index (κ2) is 4.84. The largest absolute Gasteiger partial charge is 0.299 e. The number of hydrogen-bond donors (Lipinski definition) is 0. The second-order valence-electron chi connectivity index (χ2n) is 3.78. The van der Waals surface area contributed by atoms with Crippen molar-refractivity contribution in [1.82, 2.24) is 4.98 Å². The van der Waals surface area contributed by atoms with Crippen LogP contribution in [0.1, 0.15) is 26.0 Å². The van der Waals surface area contributed by atoms with Crippen LogP contribution in [0.25, 0.3) is 0 Å². The van der Waals surface area contributed by atoms with Crippen LogP contribution in [0.15, 0.2) is 18.3 Å². The molecule has 1 aromatic rings. The van der Waals surface area contributed by atoms with Crippen LogP contribution in [0.2, 0.25) is 0 Å². The minimum Gasteiger partial charge on any atom is -0.299 e. The SMILES string of the molecule is CC(C)CC(=O)Cc1ccc(F)cn1. The number of hydrogen-bond acceptors (Lipinski definition) is 2. The highest BCUT2D eigenvalue weighted by Gasteiger charge is 2.06. The lowest BCUT2D eigenvalue weighted by Crippen LogP contribution is -2.07. The van der Waals surface area contributed by atoms with Gasteiger partial charge in [0.1, 0.15) is 11.6 Å². The molecule has 2 nitrogen and oxygen atoms in total. The Morgan fingerprint density at radius 2 is 2.21 bits per heavy atom. The van der Waals surface area contributed by atoms with Crippen molar-refractivity contribution in [3.8, 4) is 0 Å². The first-order chi connectivity index (χ1) is 6.58. The van der Waals surface area contributed by atoms with Gasteiger partial charge in [0, 0.05) is 18.5 Å². The van der Waals surface area contributed by atoms with E-state index in [4.69, 9.17) is 0 Å². The zero-order chi connectivity index (χ0) is 10.6. The Balaban J connectivity index is 2.52. The standard InChI is InChI=1S/C11H14FNO/c1-8(2)5-11(14)6-10-4-3-9(12)7-13-10/h3-4,7-8H,5-6H2,1-2H3. The maximum Gasteiger partial charge on any atom is 0.141 e. The number of aromatic nitrogens is 1. The van der Waals surface area contributed by atoms with Gasteiger partial charge in [0.05, 0.1) is 6.20 Å². The lowest BCUT2D eigenvalue weighted by Gasteiger charge is -2.03. The zero-order valence-electron chi connectivity index (χ0n) is 8.46. The summed E-state index contributed by atoms with van der Waals surface area (Å²) in [5.41, 5.74) is 0.636. The van der Waals surface area contributed by atoms with Crippen molar-refractivity contribution >= 4 is 5.78 Å². The summed E-state index contributed by atoms with van der Waals surface area (Å²) in [5.74, 6) is 0.145. The van der Waals surface area contributed by atoms with Gasteiger partial charge < -0.3 is 0 Å². The number of nitrogens with zero attached hydrogens (tertiary/aromatic N) is 1. The van der Waals surface area contributed by atoms with E-state index in [1.807, 2.05) is 13.8 Å². The van der Waals surface area contributed by atoms with E-state index < -0.39 is 0 Å². The number of halogens is 1. The van der Waals surface area contributed by atoms with Crippen LogP contribution in [0.3, 0.4) is 0 Å². The molecule has 0 aliphatic rings. The highest BCUT2D eigenvalue weighted by Crippen LogP contribution is 2.05. The summed E-state index contributed by atoms with van der Waals surface area (Å²) in [7, 11) is 0. The number of rotatable bonds is 4. The number of pyridine rings is 1. The van der Waals surface area contributed by atoms with Crippen molar-refractivity contribution in [2.24, 2.45) is 5.92 Å². The summed E-state index contributed by atoms with van der Waals surface area (Å²) in [4.78, 5) is 15.2. The van der Waals surface area contributed by atoms with E-state index in [0.29, 0.717) is 24.5 Å². The highest BCUT2D eigenvalue weighted by molar-refractivity contribution is 5.80. The van der Waals surface area contributed by atoms with Gasteiger partial charge >= 0.3 is 0 Å². The Bertz CT molecular complexity index is 306. The van der Waals surface area contributed by atoms with Gasteiger partial charge in [-0.25, -0.2) is 4.39 Å². The van der Waals surface area contributed by atoms with Crippen molar-refractivity contribution in [2.75, 3.05) is 0 Å². The van der Waals surface area contributed by atoms with Gasteiger partial charge in [-0.3, -0.25) is 9.78 Å². The Kier molecular flexibility index (Phi) is 3.74. The molecule has 0 unspecified atom stereocenters. The van der Waals surface area contributed by atoms with E-state index >= 15 is 0 Å². The highest BCUT2D eigenvalue weighted by atomic mass is 19.1. The van der Waals surface area contributed by atoms with Crippen LogP contribution in [-0.4, -0.2) is 10.8 Å². The normalized spacial score (nSPS) is 10.6. The summed E-state index contributed by atoms with van der Waals surface area (Å²) >= 11 is 0. The molecule has 0 aliphatic heterocycles. The molecule has 0 aliphatic carbocycles. The first-order valence-electron chi connectivity index (χ1n) is 4.70. The van der Waals surface area contributed by atoms with Crippen molar-refractivity contribution in [3.05, 3.63) is 29.8 Å². The summed E-state index contributed by atoms with van der Waals surface area (Å²) in [6.45, 7) is 3.99. The predicted molar refractivity (Wildman–Crippen MR) is 52.4 cm³/mol. The van der Waals surface area contributed by atoms with Crippen molar-refractivity contribution in [1.29, 1.82) is 0 Å². The molecular formula is C11H14FNO. The molecule has 76 valence electrons. The van der Waals surface area contributed by atoms with E-state index in [2.05, 4.69) is 4.98 Å². The molecule has 0 amide bonds. The van der Waals surface area contributed by atoms with E-state index in [0.717, 1.165) is 6.20 Å². The Labute approximate surface area is 83.2 Å². The fourth-order valence-corrected chi connectivity index (χ4v) is 1.24. The van der Waals surface area contributed by atoms with E-state index in [1.165, 1.54) is 6.07 Å². The fraction of sp³-hybridized carbons (Fsp3) is 0.455. The molecule has 14 heavy (non-hydrogen) atoms. The van der Waals surface area contributed by atoms with Crippen molar-refractivity contribution in [2.45, 2.75) is 26.7 Å². The molecule has 0 radical (unpaired) electrons. The number of carbonyl (C=O) groups is 1. The first kappa shape index (κ1) is 10.8. The topological polar surface area (TPSA) is 30.0 Å². The molecule has 0 bridgehead atoms. The third-order valence-electron chi connectivity index (χ3n) is 1.80. The molecule has 1 aromatic heterocycles. The third kappa shape index (κ3) is 3.64. The minimum absolute atomic E-state index is 0.152.